The van der Waals surface area contributed by atoms with E-state index in [9.17, 15) is 0 Å². The Bertz CT molecular complexity index is 229. The summed E-state index contributed by atoms with van der Waals surface area (Å²) >= 11 is 0. The molecule has 0 fully saturated rings. The zero-order valence-electron chi connectivity index (χ0n) is 8.98. The van der Waals surface area contributed by atoms with E-state index in [-0.39, 0.29) is 31.1 Å². The van der Waals surface area contributed by atoms with E-state index in [4.69, 9.17) is 0 Å². The molecule has 3 heteroatoms. The molecule has 0 saturated carbocycles. The van der Waals surface area contributed by atoms with E-state index in [1.807, 2.05) is 0 Å². The largest absolute Gasteiger partial charge is 2.00 e. The van der Waals surface area contributed by atoms with Crippen molar-refractivity contribution in [3.8, 4) is 0 Å². The van der Waals surface area contributed by atoms with Gasteiger partial charge < -0.3 is 9.41 Å². The van der Waals surface area contributed by atoms with E-state index in [2.05, 4.69) is 50.3 Å². The molecule has 2 rings (SSSR count). The fourth-order valence-corrected chi connectivity index (χ4v) is 1.03. The summed E-state index contributed by atoms with van der Waals surface area (Å²) in [5.74, 6) is 0. The third-order valence-corrected chi connectivity index (χ3v) is 1.73. The van der Waals surface area contributed by atoms with Crippen molar-refractivity contribution in [2.75, 3.05) is 0 Å². The van der Waals surface area contributed by atoms with E-state index >= 15 is 0 Å². The van der Waals surface area contributed by atoms with E-state index in [0.29, 0.717) is 0 Å². The molecule has 0 N–H and O–H groups in total. The van der Waals surface area contributed by atoms with Crippen LogP contribution in [0.1, 0.15) is 26.7 Å². The molecule has 0 spiro atoms. The normalized spacial score (nSPS) is 14.8. The van der Waals surface area contributed by atoms with Gasteiger partial charge in [-0.1, -0.05) is 13.8 Å². The molecule has 2 aliphatic rings. The molecule has 15 heavy (non-hydrogen) atoms. The van der Waals surface area contributed by atoms with Crippen molar-refractivity contribution < 1.29 is 31.1 Å². The third kappa shape index (κ3) is 9.83. The van der Waals surface area contributed by atoms with Crippen LogP contribution in [-0.4, -0.2) is 0 Å². The predicted octanol–water partition coefficient (Wildman–Crippen LogP) is -2.60. The minimum Gasteiger partial charge on any atom is -1.00 e. The Balaban J connectivity index is -0.000000160. The standard InChI is InChI=1S/2C6H7.2FH.Ti/c2*1-6-4-2-3-5-6;;;/h2*2,4H,3H2,1H3;2*1H;/q2*-1;;;+2/p-2. The van der Waals surface area contributed by atoms with Gasteiger partial charge in [-0.15, -0.1) is 12.8 Å². The summed E-state index contributed by atoms with van der Waals surface area (Å²) in [6.45, 7) is 4.12. The molecule has 2 aliphatic carbocycles. The van der Waals surface area contributed by atoms with Crippen LogP contribution >= 0.6 is 0 Å². The van der Waals surface area contributed by atoms with E-state index < -0.39 is 0 Å². The number of hydrogen-bond donors (Lipinski definition) is 0. The summed E-state index contributed by atoms with van der Waals surface area (Å²) in [7, 11) is 0. The number of halogens is 2. The van der Waals surface area contributed by atoms with Crippen molar-refractivity contribution in [1.82, 2.24) is 0 Å². The van der Waals surface area contributed by atoms with Crippen LogP contribution in [-0.2, 0) is 21.7 Å². The molecule has 0 aromatic carbocycles. The maximum atomic E-state index is 3.12. The SMILES string of the molecule is CC1=[C-]CC=C1.CC1=[C-]CC=C1.[F-].[F-].[Ti+2]. The first-order valence-electron chi connectivity index (χ1n) is 4.27. The van der Waals surface area contributed by atoms with Crippen molar-refractivity contribution in [1.29, 1.82) is 0 Å². The first kappa shape index (κ1) is 20.0. The van der Waals surface area contributed by atoms with E-state index in [1.54, 1.807) is 0 Å². The molecule has 0 atom stereocenters. The van der Waals surface area contributed by atoms with Gasteiger partial charge >= 0.3 is 21.7 Å². The summed E-state index contributed by atoms with van der Waals surface area (Å²) in [5.41, 5.74) is 2.55. The molecule has 0 aliphatic heterocycles. The summed E-state index contributed by atoms with van der Waals surface area (Å²) in [6.07, 6.45) is 16.7. The average Bonchev–Trinajstić information content (AvgIpc) is 2.63. The molecule has 0 aromatic heterocycles. The molecule has 0 amide bonds. The molecule has 0 bridgehead atoms. The summed E-state index contributed by atoms with van der Waals surface area (Å²) in [6, 6.07) is 0. The van der Waals surface area contributed by atoms with Gasteiger partial charge in [0.25, 0.3) is 0 Å². The van der Waals surface area contributed by atoms with Gasteiger partial charge in [-0.3, -0.25) is 12.2 Å². The van der Waals surface area contributed by atoms with E-state index in [1.165, 1.54) is 11.1 Å². The van der Waals surface area contributed by atoms with Crippen molar-refractivity contribution >= 4 is 0 Å². The van der Waals surface area contributed by atoms with E-state index in [0.717, 1.165) is 12.8 Å². The maximum Gasteiger partial charge on any atom is 2.00 e. The number of hydrogen-bond acceptors (Lipinski definition) is 0. The van der Waals surface area contributed by atoms with Gasteiger partial charge in [-0.25, -0.2) is 23.3 Å². The van der Waals surface area contributed by atoms with Gasteiger partial charge in [0.15, 0.2) is 0 Å². The quantitative estimate of drug-likeness (QED) is 0.324. The second kappa shape index (κ2) is 11.6. The van der Waals surface area contributed by atoms with Crippen LogP contribution in [0.2, 0.25) is 0 Å². The second-order valence-corrected chi connectivity index (χ2v) is 2.93. The van der Waals surface area contributed by atoms with Crippen LogP contribution in [0.15, 0.2) is 35.5 Å². The molecule has 0 unspecified atom stereocenters. The van der Waals surface area contributed by atoms with Crippen molar-refractivity contribution in [2.45, 2.75) is 26.7 Å². The molecule has 0 aromatic rings. The molecular formula is C12H14F2Ti-2. The summed E-state index contributed by atoms with van der Waals surface area (Å²) in [5, 5.41) is 0. The Morgan fingerprint density at radius 2 is 1.20 bits per heavy atom. The topological polar surface area (TPSA) is 0 Å². The second-order valence-electron chi connectivity index (χ2n) is 2.93. The minimum absolute atomic E-state index is 0. The molecule has 0 saturated heterocycles. The molecule has 82 valence electrons. The first-order valence-corrected chi connectivity index (χ1v) is 4.27. The third-order valence-electron chi connectivity index (χ3n) is 1.73. The van der Waals surface area contributed by atoms with Crippen molar-refractivity contribution in [3.63, 3.8) is 0 Å². The fourth-order valence-electron chi connectivity index (χ4n) is 1.03. The Morgan fingerprint density at radius 3 is 1.27 bits per heavy atom. The zero-order valence-corrected chi connectivity index (χ0v) is 10.5. The Labute approximate surface area is 105 Å². The van der Waals surface area contributed by atoms with Crippen LogP contribution in [0.5, 0.6) is 0 Å². The van der Waals surface area contributed by atoms with Crippen molar-refractivity contribution in [3.05, 3.63) is 47.6 Å². The minimum atomic E-state index is 0. The van der Waals surface area contributed by atoms with Crippen LogP contribution in [0.25, 0.3) is 0 Å². The Morgan fingerprint density at radius 1 is 0.867 bits per heavy atom. The van der Waals surface area contributed by atoms with Gasteiger partial charge in [-0.2, -0.15) is 12.2 Å². The van der Waals surface area contributed by atoms with Crippen LogP contribution in [0.4, 0.5) is 0 Å². The maximum absolute atomic E-state index is 3.12. The first-order chi connectivity index (χ1) is 5.79. The van der Waals surface area contributed by atoms with Gasteiger partial charge in [0.1, 0.15) is 0 Å². The summed E-state index contributed by atoms with van der Waals surface area (Å²) < 4.78 is 0. The Hall–Kier alpha value is -0.466. The van der Waals surface area contributed by atoms with Gasteiger partial charge in [0.05, 0.1) is 0 Å². The average molecular weight is 244 g/mol. The van der Waals surface area contributed by atoms with Gasteiger partial charge in [0, 0.05) is 0 Å². The monoisotopic (exact) mass is 244 g/mol. The zero-order chi connectivity index (χ0) is 8.81. The number of allylic oxidation sites excluding steroid dienone is 8. The molecule has 0 radical (unpaired) electrons. The number of rotatable bonds is 0. The van der Waals surface area contributed by atoms with Crippen LogP contribution < -0.4 is 9.41 Å². The molecular weight excluding hydrogens is 230 g/mol. The summed E-state index contributed by atoms with van der Waals surface area (Å²) in [4.78, 5) is 0. The smallest absolute Gasteiger partial charge is 1.00 e. The van der Waals surface area contributed by atoms with Gasteiger partial charge in [0.2, 0.25) is 0 Å². The van der Waals surface area contributed by atoms with Crippen LogP contribution in [0.3, 0.4) is 0 Å². The Kier molecular flexibility index (Phi) is 15.5. The van der Waals surface area contributed by atoms with Crippen molar-refractivity contribution in [2.24, 2.45) is 0 Å². The predicted molar refractivity (Wildman–Crippen MR) is 52.4 cm³/mol. The van der Waals surface area contributed by atoms with Crippen LogP contribution in [0, 0.1) is 12.2 Å². The molecule has 0 heterocycles. The fraction of sp³-hybridized carbons (Fsp3) is 0.333. The molecule has 0 nitrogen and oxygen atoms in total. The van der Waals surface area contributed by atoms with Gasteiger partial charge in [-0.05, 0) is 0 Å².